The highest BCUT2D eigenvalue weighted by atomic mass is 16.2. The number of likely N-dealkylation sites (N-methyl/N-ethyl adjacent to an activating group) is 1. The molecule has 0 spiro atoms. The number of hydrogen-bond donors (Lipinski definition) is 3. The second-order valence-corrected chi connectivity index (χ2v) is 9.19. The van der Waals surface area contributed by atoms with Crippen molar-refractivity contribution in [2.45, 2.75) is 52.0 Å². The molecule has 28 heavy (non-hydrogen) atoms. The van der Waals surface area contributed by atoms with Crippen molar-refractivity contribution >= 4 is 11.8 Å². The summed E-state index contributed by atoms with van der Waals surface area (Å²) in [5.41, 5.74) is 1.61. The lowest BCUT2D eigenvalue weighted by atomic mass is 9.49. The first-order valence-corrected chi connectivity index (χ1v) is 10.9. The van der Waals surface area contributed by atoms with Crippen LogP contribution in [0.25, 0.3) is 0 Å². The van der Waals surface area contributed by atoms with Crippen molar-refractivity contribution in [2.24, 2.45) is 23.2 Å². The highest BCUT2D eigenvalue weighted by Gasteiger charge is 2.54. The highest BCUT2D eigenvalue weighted by molar-refractivity contribution is 5.94. The predicted octanol–water partition coefficient (Wildman–Crippen LogP) is 2.86. The fraction of sp³-hybridized carbons (Fsp3) is 0.652. The zero-order valence-corrected chi connectivity index (χ0v) is 16.9. The molecule has 0 saturated heterocycles. The molecular weight excluding hydrogens is 350 g/mol. The number of nitrogens with one attached hydrogen (secondary N) is 3. The Labute approximate surface area is 168 Å². The van der Waals surface area contributed by atoms with Gasteiger partial charge in [0.05, 0.1) is 0 Å². The average Bonchev–Trinajstić information content (AvgIpc) is 2.68. The molecule has 0 radical (unpaired) electrons. The number of rotatable bonds is 8. The van der Waals surface area contributed by atoms with Gasteiger partial charge in [-0.15, -0.1) is 0 Å². The van der Waals surface area contributed by atoms with Crippen LogP contribution in [0.1, 0.15) is 61.4 Å². The molecule has 2 amide bonds. The molecule has 3 N–H and O–H groups in total. The number of amides is 2. The first-order valence-electron chi connectivity index (χ1n) is 10.9. The van der Waals surface area contributed by atoms with Gasteiger partial charge < -0.3 is 16.0 Å². The average molecular weight is 384 g/mol. The van der Waals surface area contributed by atoms with Crippen molar-refractivity contribution in [3.05, 3.63) is 35.4 Å². The van der Waals surface area contributed by atoms with E-state index in [0.717, 1.165) is 55.7 Å². The van der Waals surface area contributed by atoms with Gasteiger partial charge in [-0.3, -0.25) is 9.59 Å². The standard InChI is InChI=1S/C23H33N3O2/c1-2-24-7-8-25-21(27)20-5-3-16(4-6-20)15-26-22(28)23-12-17-9-18(13-23)11-19(10-17)14-23/h3-6,17-19,24H,2,7-15H2,1H3,(H,25,27)(H,26,28). The SMILES string of the molecule is CCNCCNC(=O)c1ccc(CNC(=O)C23CC4CC(CC(C4)C2)C3)cc1. The van der Waals surface area contributed by atoms with Crippen LogP contribution in [-0.2, 0) is 11.3 Å². The van der Waals surface area contributed by atoms with Gasteiger partial charge in [-0.1, -0.05) is 19.1 Å². The maximum absolute atomic E-state index is 13.0. The fourth-order valence-corrected chi connectivity index (χ4v) is 6.08. The normalized spacial score (nSPS) is 30.2. The molecule has 5 nitrogen and oxygen atoms in total. The van der Waals surface area contributed by atoms with Crippen LogP contribution < -0.4 is 16.0 Å². The summed E-state index contributed by atoms with van der Waals surface area (Å²) in [6, 6.07) is 7.57. The molecule has 0 heterocycles. The van der Waals surface area contributed by atoms with E-state index in [1.807, 2.05) is 31.2 Å². The molecule has 5 heteroatoms. The molecule has 1 aromatic rings. The lowest BCUT2D eigenvalue weighted by Gasteiger charge is -2.55. The van der Waals surface area contributed by atoms with Gasteiger partial charge in [0.1, 0.15) is 0 Å². The van der Waals surface area contributed by atoms with Crippen LogP contribution in [0.3, 0.4) is 0 Å². The Morgan fingerprint density at radius 2 is 1.54 bits per heavy atom. The molecule has 5 rings (SSSR count). The van der Waals surface area contributed by atoms with Crippen LogP contribution in [0.2, 0.25) is 0 Å². The predicted molar refractivity (Wildman–Crippen MR) is 110 cm³/mol. The monoisotopic (exact) mass is 383 g/mol. The van der Waals surface area contributed by atoms with Gasteiger partial charge in [-0.25, -0.2) is 0 Å². The van der Waals surface area contributed by atoms with E-state index in [2.05, 4.69) is 16.0 Å². The second-order valence-electron chi connectivity index (χ2n) is 9.19. The Morgan fingerprint density at radius 1 is 0.929 bits per heavy atom. The summed E-state index contributed by atoms with van der Waals surface area (Å²) in [4.78, 5) is 25.2. The smallest absolute Gasteiger partial charge is 0.251 e. The lowest BCUT2D eigenvalue weighted by Crippen LogP contribution is -2.53. The summed E-state index contributed by atoms with van der Waals surface area (Å²) >= 11 is 0. The van der Waals surface area contributed by atoms with Gasteiger partial charge in [-0.05, 0) is 80.5 Å². The van der Waals surface area contributed by atoms with E-state index in [-0.39, 0.29) is 17.2 Å². The van der Waals surface area contributed by atoms with Crippen molar-refractivity contribution in [3.8, 4) is 0 Å². The molecule has 4 saturated carbocycles. The van der Waals surface area contributed by atoms with Gasteiger partial charge in [0.15, 0.2) is 0 Å². The second kappa shape index (κ2) is 8.24. The minimum absolute atomic E-state index is 0.0537. The summed E-state index contributed by atoms with van der Waals surface area (Å²) < 4.78 is 0. The molecule has 0 aliphatic heterocycles. The molecule has 4 aliphatic carbocycles. The Balaban J connectivity index is 1.28. The van der Waals surface area contributed by atoms with E-state index < -0.39 is 0 Å². The van der Waals surface area contributed by atoms with Crippen LogP contribution in [0.15, 0.2) is 24.3 Å². The van der Waals surface area contributed by atoms with E-state index in [1.165, 1.54) is 19.3 Å². The number of benzene rings is 1. The summed E-state index contributed by atoms with van der Waals surface area (Å²) in [6.07, 6.45) is 7.34. The number of carbonyl (C=O) groups excluding carboxylic acids is 2. The first kappa shape index (κ1) is 19.4. The molecule has 152 valence electrons. The van der Waals surface area contributed by atoms with E-state index in [1.54, 1.807) is 0 Å². The van der Waals surface area contributed by atoms with Gasteiger partial charge in [-0.2, -0.15) is 0 Å². The third-order valence-corrected chi connectivity index (χ3v) is 7.03. The highest BCUT2D eigenvalue weighted by Crippen LogP contribution is 2.60. The van der Waals surface area contributed by atoms with Crippen LogP contribution in [-0.4, -0.2) is 31.4 Å². The maximum atomic E-state index is 13.0. The molecule has 4 aliphatic rings. The van der Waals surface area contributed by atoms with Crippen molar-refractivity contribution < 1.29 is 9.59 Å². The van der Waals surface area contributed by atoms with Gasteiger partial charge in [0.2, 0.25) is 5.91 Å². The molecule has 4 bridgehead atoms. The molecule has 0 unspecified atom stereocenters. The Morgan fingerprint density at radius 3 is 2.11 bits per heavy atom. The minimum atomic E-state index is -0.0961. The minimum Gasteiger partial charge on any atom is -0.352 e. The molecule has 0 aromatic heterocycles. The molecule has 0 atom stereocenters. The lowest BCUT2D eigenvalue weighted by molar-refractivity contribution is -0.146. The Hall–Kier alpha value is -1.88. The van der Waals surface area contributed by atoms with Gasteiger partial charge >= 0.3 is 0 Å². The van der Waals surface area contributed by atoms with E-state index >= 15 is 0 Å². The van der Waals surface area contributed by atoms with Crippen LogP contribution in [0.5, 0.6) is 0 Å². The number of carbonyl (C=O) groups is 2. The zero-order valence-electron chi connectivity index (χ0n) is 16.9. The largest absolute Gasteiger partial charge is 0.352 e. The van der Waals surface area contributed by atoms with Crippen molar-refractivity contribution in [1.29, 1.82) is 0 Å². The molecule has 4 fully saturated rings. The molecular formula is C23H33N3O2. The Kier molecular flexibility index (Phi) is 5.72. The first-order chi connectivity index (χ1) is 13.6. The summed E-state index contributed by atoms with van der Waals surface area (Å²) in [5.74, 6) is 2.55. The maximum Gasteiger partial charge on any atom is 0.251 e. The van der Waals surface area contributed by atoms with Crippen LogP contribution in [0.4, 0.5) is 0 Å². The van der Waals surface area contributed by atoms with E-state index in [4.69, 9.17) is 0 Å². The van der Waals surface area contributed by atoms with Gasteiger partial charge in [0.25, 0.3) is 5.91 Å². The van der Waals surface area contributed by atoms with Crippen molar-refractivity contribution in [2.75, 3.05) is 19.6 Å². The zero-order chi connectivity index (χ0) is 19.6. The molecule has 1 aromatic carbocycles. The summed E-state index contributed by atoms with van der Waals surface area (Å²) in [6.45, 7) is 4.89. The topological polar surface area (TPSA) is 70.2 Å². The van der Waals surface area contributed by atoms with Crippen LogP contribution in [0, 0.1) is 23.2 Å². The Bertz CT molecular complexity index is 678. The van der Waals surface area contributed by atoms with E-state index in [0.29, 0.717) is 18.7 Å². The third kappa shape index (κ3) is 4.09. The quantitative estimate of drug-likeness (QED) is 0.605. The fourth-order valence-electron chi connectivity index (χ4n) is 6.08. The summed E-state index contributed by atoms with van der Waals surface area (Å²) in [7, 11) is 0. The van der Waals surface area contributed by atoms with Gasteiger partial charge in [0, 0.05) is 30.6 Å². The van der Waals surface area contributed by atoms with Crippen LogP contribution >= 0.6 is 0 Å². The number of hydrogen-bond acceptors (Lipinski definition) is 3. The van der Waals surface area contributed by atoms with Crippen molar-refractivity contribution in [3.63, 3.8) is 0 Å². The van der Waals surface area contributed by atoms with Crippen molar-refractivity contribution in [1.82, 2.24) is 16.0 Å². The summed E-state index contributed by atoms with van der Waals surface area (Å²) in [5, 5.41) is 9.30. The van der Waals surface area contributed by atoms with E-state index in [9.17, 15) is 9.59 Å². The third-order valence-electron chi connectivity index (χ3n) is 7.03.